The van der Waals surface area contributed by atoms with Gasteiger partial charge in [-0.3, -0.25) is 4.79 Å². The molecule has 1 saturated carbocycles. The van der Waals surface area contributed by atoms with E-state index >= 15 is 0 Å². The van der Waals surface area contributed by atoms with E-state index in [1.165, 1.54) is 11.5 Å². The highest BCUT2D eigenvalue weighted by molar-refractivity contribution is 7.09. The number of pyridine rings is 1. The van der Waals surface area contributed by atoms with E-state index in [0.717, 1.165) is 35.2 Å². The zero-order chi connectivity index (χ0) is 24.5. The number of hydrogen-bond acceptors (Lipinski definition) is 9. The number of rotatable bonds is 7. The summed E-state index contributed by atoms with van der Waals surface area (Å²) in [6.07, 6.45) is 2.84. The first-order chi connectivity index (χ1) is 16.1. The number of aromatic nitrogens is 6. The molecule has 0 unspecified atom stereocenters. The fourth-order valence-electron chi connectivity index (χ4n) is 3.99. The lowest BCUT2D eigenvalue weighted by molar-refractivity contribution is -0.143. The van der Waals surface area contributed by atoms with Crippen molar-refractivity contribution in [1.82, 2.24) is 29.3 Å². The molecule has 182 valence electrons. The predicted molar refractivity (Wildman–Crippen MR) is 129 cm³/mol. The van der Waals surface area contributed by atoms with Gasteiger partial charge in [-0.2, -0.15) is 4.37 Å². The Hall–Kier alpha value is -3.08. The highest BCUT2D eigenvalue weighted by atomic mass is 32.1. The van der Waals surface area contributed by atoms with Crippen LogP contribution in [0.2, 0.25) is 0 Å². The third-order valence-corrected chi connectivity index (χ3v) is 6.67. The second kappa shape index (κ2) is 9.65. The minimum absolute atomic E-state index is 0.104. The molecular weight excluding hydrogens is 454 g/mol. The fourth-order valence-corrected chi connectivity index (χ4v) is 4.75. The Morgan fingerprint density at radius 2 is 2.09 bits per heavy atom. The summed E-state index contributed by atoms with van der Waals surface area (Å²) in [5.41, 5.74) is 2.90. The lowest BCUT2D eigenvalue weighted by Crippen LogP contribution is -2.29. The highest BCUT2D eigenvalue weighted by Crippen LogP contribution is 2.31. The Morgan fingerprint density at radius 1 is 1.29 bits per heavy atom. The van der Waals surface area contributed by atoms with Gasteiger partial charge < -0.3 is 15.2 Å². The maximum atomic E-state index is 11.3. The van der Waals surface area contributed by atoms with Gasteiger partial charge in [-0.1, -0.05) is 26.0 Å². The van der Waals surface area contributed by atoms with Crippen LogP contribution in [0.25, 0.3) is 11.4 Å². The summed E-state index contributed by atoms with van der Waals surface area (Å²) in [7, 11) is 1.85. The van der Waals surface area contributed by atoms with Gasteiger partial charge in [0.2, 0.25) is 5.13 Å². The van der Waals surface area contributed by atoms with Crippen LogP contribution in [-0.4, -0.2) is 46.5 Å². The van der Waals surface area contributed by atoms with Gasteiger partial charge in [-0.05, 0) is 44.7 Å². The Morgan fingerprint density at radius 3 is 2.76 bits per heavy atom. The Labute approximate surface area is 203 Å². The number of hydrogen-bond donors (Lipinski definition) is 2. The number of carboxylic acid groups (broad SMARTS) is 1. The van der Waals surface area contributed by atoms with Gasteiger partial charge in [0.15, 0.2) is 0 Å². The smallest absolute Gasteiger partial charge is 0.306 e. The SMILES string of the molecule is Cc1nc(-c2nnn(C)c2CNc2nc(C(C)(C)C)ns2)ccc1O[C@H]1CCC[C@H](C(=O)O)C1. The van der Waals surface area contributed by atoms with Crippen LogP contribution in [0.5, 0.6) is 5.75 Å². The summed E-state index contributed by atoms with van der Waals surface area (Å²) >= 11 is 1.34. The van der Waals surface area contributed by atoms with Crippen molar-refractivity contribution in [3.63, 3.8) is 0 Å². The molecule has 0 aliphatic heterocycles. The monoisotopic (exact) mass is 485 g/mol. The van der Waals surface area contributed by atoms with E-state index < -0.39 is 5.97 Å². The topological polar surface area (TPSA) is 128 Å². The zero-order valence-electron chi connectivity index (χ0n) is 20.2. The molecular formula is C23H31N7O3S. The minimum atomic E-state index is -0.745. The van der Waals surface area contributed by atoms with Gasteiger partial charge in [0.25, 0.3) is 0 Å². The molecule has 3 heterocycles. The summed E-state index contributed by atoms with van der Waals surface area (Å²) in [6.45, 7) is 8.63. The Kier molecular flexibility index (Phi) is 6.83. The van der Waals surface area contributed by atoms with E-state index in [0.29, 0.717) is 36.5 Å². The number of anilines is 1. The molecule has 10 nitrogen and oxygen atoms in total. The molecule has 0 radical (unpaired) electrons. The van der Waals surface area contributed by atoms with Crippen molar-refractivity contribution < 1.29 is 14.6 Å². The van der Waals surface area contributed by atoms with Gasteiger partial charge >= 0.3 is 5.97 Å². The molecule has 0 spiro atoms. The Balaban J connectivity index is 1.47. The second-order valence-corrected chi connectivity index (χ2v) is 10.5. The van der Waals surface area contributed by atoms with E-state index in [2.05, 4.69) is 45.8 Å². The van der Waals surface area contributed by atoms with Gasteiger partial charge in [-0.25, -0.2) is 14.6 Å². The predicted octanol–water partition coefficient (Wildman–Crippen LogP) is 3.97. The maximum Gasteiger partial charge on any atom is 0.306 e. The molecule has 0 aromatic carbocycles. The first kappa shape index (κ1) is 24.1. The molecule has 4 rings (SSSR count). The first-order valence-corrected chi connectivity index (χ1v) is 12.2. The van der Waals surface area contributed by atoms with Crippen molar-refractivity contribution in [2.45, 2.75) is 71.4 Å². The van der Waals surface area contributed by atoms with Crippen molar-refractivity contribution in [1.29, 1.82) is 0 Å². The third kappa shape index (κ3) is 5.35. The molecule has 1 fully saturated rings. The van der Waals surface area contributed by atoms with Crippen LogP contribution in [0.15, 0.2) is 12.1 Å². The summed E-state index contributed by atoms with van der Waals surface area (Å²) in [6, 6.07) is 3.75. The number of nitrogens with zero attached hydrogens (tertiary/aromatic N) is 6. The molecule has 11 heteroatoms. The zero-order valence-corrected chi connectivity index (χ0v) is 21.0. The number of aryl methyl sites for hydroxylation is 2. The Bertz CT molecular complexity index is 1170. The van der Waals surface area contributed by atoms with Crippen molar-refractivity contribution in [3.8, 4) is 17.1 Å². The largest absolute Gasteiger partial charge is 0.489 e. The molecule has 0 bridgehead atoms. The van der Waals surface area contributed by atoms with Crippen LogP contribution in [0.1, 0.15) is 63.7 Å². The number of ether oxygens (including phenoxy) is 1. The van der Waals surface area contributed by atoms with Crippen LogP contribution in [0.4, 0.5) is 5.13 Å². The first-order valence-electron chi connectivity index (χ1n) is 11.5. The highest BCUT2D eigenvalue weighted by Gasteiger charge is 2.28. The van der Waals surface area contributed by atoms with Crippen LogP contribution in [0.3, 0.4) is 0 Å². The maximum absolute atomic E-state index is 11.3. The molecule has 1 aliphatic rings. The summed E-state index contributed by atoms with van der Waals surface area (Å²) in [5.74, 6) is 0.398. The lowest BCUT2D eigenvalue weighted by atomic mass is 9.87. The van der Waals surface area contributed by atoms with Crippen LogP contribution in [-0.2, 0) is 23.8 Å². The van der Waals surface area contributed by atoms with Crippen LogP contribution < -0.4 is 10.1 Å². The van der Waals surface area contributed by atoms with E-state index in [1.54, 1.807) is 4.68 Å². The van der Waals surface area contributed by atoms with Crippen molar-refractivity contribution in [3.05, 3.63) is 29.3 Å². The molecule has 2 atom stereocenters. The molecule has 3 aromatic heterocycles. The lowest BCUT2D eigenvalue weighted by Gasteiger charge is -2.27. The van der Waals surface area contributed by atoms with E-state index in [1.807, 2.05) is 26.1 Å². The molecule has 0 amide bonds. The molecule has 2 N–H and O–H groups in total. The van der Waals surface area contributed by atoms with Crippen LogP contribution in [0, 0.1) is 12.8 Å². The number of nitrogens with one attached hydrogen (secondary N) is 1. The van der Waals surface area contributed by atoms with Gasteiger partial charge in [0.1, 0.15) is 17.3 Å². The van der Waals surface area contributed by atoms with Crippen molar-refractivity contribution >= 4 is 22.6 Å². The minimum Gasteiger partial charge on any atom is -0.489 e. The third-order valence-electron chi connectivity index (χ3n) is 6.00. The van der Waals surface area contributed by atoms with Gasteiger partial charge in [0.05, 0.1) is 35.6 Å². The number of carboxylic acids is 1. The van der Waals surface area contributed by atoms with Crippen LogP contribution >= 0.6 is 11.5 Å². The number of aliphatic carboxylic acids is 1. The summed E-state index contributed by atoms with van der Waals surface area (Å²) < 4.78 is 12.3. The number of carbonyl (C=O) groups is 1. The average molecular weight is 486 g/mol. The quantitative estimate of drug-likeness (QED) is 0.511. The molecule has 3 aromatic rings. The fraction of sp³-hybridized carbons (Fsp3) is 0.565. The molecule has 1 aliphatic carbocycles. The van der Waals surface area contributed by atoms with E-state index in [4.69, 9.17) is 9.72 Å². The average Bonchev–Trinajstić information content (AvgIpc) is 3.40. The second-order valence-electron chi connectivity index (χ2n) is 9.76. The normalized spacial score (nSPS) is 18.6. The van der Waals surface area contributed by atoms with Gasteiger partial charge in [0, 0.05) is 24.0 Å². The van der Waals surface area contributed by atoms with E-state index in [-0.39, 0.29) is 17.4 Å². The van der Waals surface area contributed by atoms with Gasteiger partial charge in [-0.15, -0.1) is 5.10 Å². The standard InChI is InChI=1S/C23H31N7O3S/c1-13-18(33-15-8-6-7-14(11-15)20(31)32)10-9-16(25-13)19-17(30(5)29-27-19)12-24-22-26-21(28-34-22)23(2,3)4/h9-10,14-15H,6-8,11-12H2,1-5H3,(H,31,32)(H,24,26,28)/t14-,15-/m0/s1. The summed E-state index contributed by atoms with van der Waals surface area (Å²) in [4.78, 5) is 20.7. The summed E-state index contributed by atoms with van der Waals surface area (Å²) in [5, 5.41) is 21.9. The van der Waals surface area contributed by atoms with Crippen molar-refractivity contribution in [2.24, 2.45) is 13.0 Å². The van der Waals surface area contributed by atoms with E-state index in [9.17, 15) is 9.90 Å². The molecule has 0 saturated heterocycles. The molecule has 34 heavy (non-hydrogen) atoms. The van der Waals surface area contributed by atoms with Crippen molar-refractivity contribution in [2.75, 3.05) is 5.32 Å².